The van der Waals surface area contributed by atoms with Crippen molar-refractivity contribution in [2.24, 2.45) is 0 Å². The lowest BCUT2D eigenvalue weighted by molar-refractivity contribution is 0.575. The molecule has 0 unspecified atom stereocenters. The molecule has 0 amide bonds. The molecule has 4 heterocycles. The molecule has 0 aliphatic heterocycles. The number of fused-ring (bicyclic) bond motifs is 1. The number of rotatable bonds is 5. The molecule has 5 aromatic rings. The molecule has 0 atom stereocenters. The third-order valence-corrected chi connectivity index (χ3v) is 5.11. The van der Waals surface area contributed by atoms with Gasteiger partial charge in [-0.05, 0) is 36.4 Å². The highest BCUT2D eigenvalue weighted by Crippen LogP contribution is 2.29. The van der Waals surface area contributed by atoms with Crippen molar-refractivity contribution in [1.29, 1.82) is 0 Å². The zero-order valence-corrected chi connectivity index (χ0v) is 15.1. The molecule has 0 saturated carbocycles. The van der Waals surface area contributed by atoms with Crippen LogP contribution in [-0.2, 0) is 5.75 Å². The fraction of sp³-hybridized carbons (Fsp3) is 0.0500. The van der Waals surface area contributed by atoms with Gasteiger partial charge in [0.1, 0.15) is 5.65 Å². The van der Waals surface area contributed by atoms with Gasteiger partial charge in [0.15, 0.2) is 10.9 Å². The van der Waals surface area contributed by atoms with Crippen LogP contribution in [0.25, 0.3) is 22.9 Å². The first-order chi connectivity index (χ1) is 13.4. The maximum Gasteiger partial charge on any atom is 0.205 e. The largest absolute Gasteiger partial charge is 0.461 e. The predicted molar refractivity (Wildman–Crippen MR) is 104 cm³/mol. The number of hydrogen-bond donors (Lipinski definition) is 0. The van der Waals surface area contributed by atoms with Crippen LogP contribution in [-0.4, -0.2) is 24.1 Å². The Morgan fingerprint density at radius 2 is 1.81 bits per heavy atom. The summed E-state index contributed by atoms with van der Waals surface area (Å²) in [5.74, 6) is 2.07. The van der Waals surface area contributed by atoms with E-state index in [1.165, 1.54) is 0 Å². The summed E-state index contributed by atoms with van der Waals surface area (Å²) in [5.41, 5.74) is 2.92. The number of furan rings is 1. The van der Waals surface area contributed by atoms with Gasteiger partial charge in [-0.1, -0.05) is 36.0 Å². The van der Waals surface area contributed by atoms with Crippen LogP contribution < -0.4 is 0 Å². The first-order valence-electron chi connectivity index (χ1n) is 8.48. The molecule has 0 aliphatic carbocycles. The van der Waals surface area contributed by atoms with Crippen LogP contribution in [0.3, 0.4) is 0 Å². The summed E-state index contributed by atoms with van der Waals surface area (Å²) in [7, 11) is 0. The third kappa shape index (κ3) is 3.02. The van der Waals surface area contributed by atoms with Crippen molar-refractivity contribution in [2.75, 3.05) is 0 Å². The number of hydrogen-bond acceptors (Lipinski definition) is 5. The average Bonchev–Trinajstić information content (AvgIpc) is 3.45. The molecule has 4 aromatic heterocycles. The molecule has 0 radical (unpaired) electrons. The zero-order chi connectivity index (χ0) is 18.1. The lowest BCUT2D eigenvalue weighted by Gasteiger charge is -2.08. The monoisotopic (exact) mass is 373 g/mol. The van der Waals surface area contributed by atoms with Gasteiger partial charge in [-0.25, -0.2) is 4.98 Å². The molecule has 0 spiro atoms. The minimum absolute atomic E-state index is 0.684. The SMILES string of the molecule is c1ccc(-n2c(SCc3cn4ccccc4n3)nnc2-c2ccco2)cc1. The van der Waals surface area contributed by atoms with E-state index >= 15 is 0 Å². The van der Waals surface area contributed by atoms with Crippen LogP contribution in [0.1, 0.15) is 5.69 Å². The summed E-state index contributed by atoms with van der Waals surface area (Å²) >= 11 is 1.60. The first kappa shape index (κ1) is 15.9. The zero-order valence-electron chi connectivity index (χ0n) is 14.3. The maximum atomic E-state index is 5.55. The summed E-state index contributed by atoms with van der Waals surface area (Å²) in [4.78, 5) is 4.65. The van der Waals surface area contributed by atoms with E-state index in [4.69, 9.17) is 4.42 Å². The van der Waals surface area contributed by atoms with E-state index < -0.39 is 0 Å². The number of pyridine rings is 1. The Labute approximate surface area is 159 Å². The Kier molecular flexibility index (Phi) is 3.99. The Morgan fingerprint density at radius 3 is 2.63 bits per heavy atom. The fourth-order valence-electron chi connectivity index (χ4n) is 2.93. The minimum Gasteiger partial charge on any atom is -0.461 e. The second-order valence-electron chi connectivity index (χ2n) is 5.94. The number of thioether (sulfide) groups is 1. The predicted octanol–water partition coefficient (Wildman–Crippen LogP) is 4.47. The molecule has 0 saturated heterocycles. The van der Waals surface area contributed by atoms with E-state index in [0.717, 1.165) is 22.2 Å². The number of imidazole rings is 1. The molecule has 0 aliphatic rings. The van der Waals surface area contributed by atoms with Gasteiger partial charge in [-0.3, -0.25) is 4.57 Å². The normalized spacial score (nSPS) is 11.3. The van der Waals surface area contributed by atoms with Crippen LogP contribution in [0.15, 0.2) is 88.9 Å². The van der Waals surface area contributed by atoms with Crippen molar-refractivity contribution in [3.05, 3.63) is 85.0 Å². The smallest absolute Gasteiger partial charge is 0.205 e. The van der Waals surface area contributed by atoms with Gasteiger partial charge in [-0.2, -0.15) is 0 Å². The van der Waals surface area contributed by atoms with Gasteiger partial charge < -0.3 is 8.82 Å². The molecule has 27 heavy (non-hydrogen) atoms. The van der Waals surface area contributed by atoms with Crippen LogP contribution >= 0.6 is 11.8 Å². The lowest BCUT2D eigenvalue weighted by Crippen LogP contribution is -1.99. The summed E-state index contributed by atoms with van der Waals surface area (Å²) < 4.78 is 9.58. The average molecular weight is 373 g/mol. The maximum absolute atomic E-state index is 5.55. The van der Waals surface area contributed by atoms with Crippen molar-refractivity contribution >= 4 is 17.4 Å². The number of benzene rings is 1. The topological polar surface area (TPSA) is 61.2 Å². The van der Waals surface area contributed by atoms with E-state index in [2.05, 4.69) is 15.2 Å². The van der Waals surface area contributed by atoms with E-state index in [0.29, 0.717) is 17.3 Å². The summed E-state index contributed by atoms with van der Waals surface area (Å²) in [6.07, 6.45) is 5.68. The molecule has 7 heteroatoms. The standard InChI is InChI=1S/C20H15N5OS/c1-2-7-16(8-3-1)25-19(17-9-6-12-26-17)22-23-20(25)27-14-15-13-24-11-5-4-10-18(24)21-15/h1-13H,14H2. The van der Waals surface area contributed by atoms with Gasteiger partial charge in [0.05, 0.1) is 12.0 Å². The van der Waals surface area contributed by atoms with Crippen molar-refractivity contribution in [1.82, 2.24) is 24.1 Å². The van der Waals surface area contributed by atoms with Crippen molar-refractivity contribution in [3.8, 4) is 17.3 Å². The second kappa shape index (κ2) is 6.77. The summed E-state index contributed by atoms with van der Waals surface area (Å²) in [5, 5.41) is 9.56. The van der Waals surface area contributed by atoms with E-state index in [-0.39, 0.29) is 0 Å². The van der Waals surface area contributed by atoms with Gasteiger partial charge in [-0.15, -0.1) is 10.2 Å². The van der Waals surface area contributed by atoms with Gasteiger partial charge in [0, 0.05) is 23.8 Å². The Hall–Kier alpha value is -3.32. The van der Waals surface area contributed by atoms with Crippen molar-refractivity contribution in [2.45, 2.75) is 10.9 Å². The molecule has 132 valence electrons. The molecular formula is C20H15N5OS. The first-order valence-corrected chi connectivity index (χ1v) is 9.47. The van der Waals surface area contributed by atoms with Gasteiger partial charge in [0.25, 0.3) is 0 Å². The highest BCUT2D eigenvalue weighted by molar-refractivity contribution is 7.98. The Morgan fingerprint density at radius 1 is 0.926 bits per heavy atom. The number of aromatic nitrogens is 5. The van der Waals surface area contributed by atoms with Crippen LogP contribution in [0.2, 0.25) is 0 Å². The number of nitrogens with zero attached hydrogens (tertiary/aromatic N) is 5. The van der Waals surface area contributed by atoms with Crippen LogP contribution in [0.4, 0.5) is 0 Å². The highest BCUT2D eigenvalue weighted by Gasteiger charge is 2.18. The second-order valence-corrected chi connectivity index (χ2v) is 6.88. The summed E-state index contributed by atoms with van der Waals surface area (Å²) in [6, 6.07) is 19.8. The molecule has 0 N–H and O–H groups in total. The van der Waals surface area contributed by atoms with Crippen LogP contribution in [0.5, 0.6) is 0 Å². The molecular weight excluding hydrogens is 358 g/mol. The molecule has 1 aromatic carbocycles. The van der Waals surface area contributed by atoms with E-state index in [1.807, 2.05) is 82.0 Å². The summed E-state index contributed by atoms with van der Waals surface area (Å²) in [6.45, 7) is 0. The molecule has 0 bridgehead atoms. The van der Waals surface area contributed by atoms with Gasteiger partial charge >= 0.3 is 0 Å². The molecule has 0 fully saturated rings. The Balaban J connectivity index is 1.50. The highest BCUT2D eigenvalue weighted by atomic mass is 32.2. The van der Waals surface area contributed by atoms with Crippen molar-refractivity contribution in [3.63, 3.8) is 0 Å². The Bertz CT molecular complexity index is 1140. The molecule has 5 rings (SSSR count). The van der Waals surface area contributed by atoms with Crippen molar-refractivity contribution < 1.29 is 4.42 Å². The van der Waals surface area contributed by atoms with Gasteiger partial charge in [0.2, 0.25) is 5.82 Å². The minimum atomic E-state index is 0.684. The quantitative estimate of drug-likeness (QED) is 0.426. The van der Waals surface area contributed by atoms with E-state index in [1.54, 1.807) is 18.0 Å². The lowest BCUT2D eigenvalue weighted by atomic mass is 10.3. The van der Waals surface area contributed by atoms with Crippen LogP contribution in [0, 0.1) is 0 Å². The third-order valence-electron chi connectivity index (χ3n) is 4.15. The van der Waals surface area contributed by atoms with E-state index in [9.17, 15) is 0 Å². The number of para-hydroxylation sites is 1. The molecule has 6 nitrogen and oxygen atoms in total. The fourth-order valence-corrected chi connectivity index (χ4v) is 3.77.